The highest BCUT2D eigenvalue weighted by molar-refractivity contribution is 6.03. The van der Waals surface area contributed by atoms with E-state index < -0.39 is 5.41 Å². The quantitative estimate of drug-likeness (QED) is 0.837. The molecule has 1 aliphatic carbocycles. The Bertz CT molecular complexity index is 591. The number of aliphatic hydroxyl groups is 1. The number of hydrogen-bond acceptors (Lipinski definition) is 2. The summed E-state index contributed by atoms with van der Waals surface area (Å²) in [5.74, 6) is 0.0991. The van der Waals surface area contributed by atoms with E-state index >= 15 is 0 Å². The highest BCUT2D eigenvalue weighted by Gasteiger charge is 2.43. The molecule has 0 amide bonds. The van der Waals surface area contributed by atoms with Crippen LogP contribution in [0.25, 0.3) is 10.8 Å². The van der Waals surface area contributed by atoms with E-state index in [0.29, 0.717) is 0 Å². The maximum absolute atomic E-state index is 12.5. The second-order valence-corrected chi connectivity index (χ2v) is 5.18. The van der Waals surface area contributed by atoms with Crippen molar-refractivity contribution in [2.45, 2.75) is 19.3 Å². The summed E-state index contributed by atoms with van der Waals surface area (Å²) in [5.41, 5.74) is 0.227. The predicted octanol–water partition coefficient (Wildman–Crippen LogP) is 3.19. The fourth-order valence-corrected chi connectivity index (χ4v) is 2.70. The third kappa shape index (κ3) is 1.65. The van der Waals surface area contributed by atoms with Crippen LogP contribution in [-0.2, 0) is 0 Å². The molecule has 1 N–H and O–H groups in total. The number of rotatable bonds is 3. The van der Waals surface area contributed by atoms with Crippen molar-refractivity contribution in [1.82, 2.24) is 0 Å². The van der Waals surface area contributed by atoms with Crippen LogP contribution in [0.4, 0.5) is 0 Å². The lowest BCUT2D eigenvalue weighted by atomic mass is 9.65. The normalized spacial score (nSPS) is 17.4. The molecule has 0 heterocycles. The minimum Gasteiger partial charge on any atom is -0.395 e. The zero-order valence-electron chi connectivity index (χ0n) is 10.2. The van der Waals surface area contributed by atoms with Gasteiger partial charge < -0.3 is 5.11 Å². The molecular formula is C16H16O2. The summed E-state index contributed by atoms with van der Waals surface area (Å²) in [7, 11) is 0. The Labute approximate surface area is 106 Å². The highest BCUT2D eigenvalue weighted by atomic mass is 16.3. The SMILES string of the molecule is O=C(c1ccc2ccccc2c1)C1(CO)CCC1. The maximum atomic E-state index is 12.5. The molecule has 2 aromatic rings. The summed E-state index contributed by atoms with van der Waals surface area (Å²) in [6.45, 7) is -0.0291. The van der Waals surface area contributed by atoms with Crippen LogP contribution in [0.5, 0.6) is 0 Å². The standard InChI is InChI=1S/C16H16O2/c17-11-16(8-3-9-16)15(18)14-7-6-12-4-1-2-5-13(12)10-14/h1-2,4-7,10,17H,3,8-9,11H2. The predicted molar refractivity (Wildman–Crippen MR) is 71.6 cm³/mol. The Hall–Kier alpha value is -1.67. The van der Waals surface area contributed by atoms with Gasteiger partial charge in [-0.15, -0.1) is 0 Å². The molecule has 3 rings (SSSR count). The summed E-state index contributed by atoms with van der Waals surface area (Å²) in [4.78, 5) is 12.5. The van der Waals surface area contributed by atoms with E-state index in [1.807, 2.05) is 42.5 Å². The van der Waals surface area contributed by atoms with Crippen LogP contribution in [0.15, 0.2) is 42.5 Å². The minimum absolute atomic E-state index is 0.0291. The van der Waals surface area contributed by atoms with Crippen LogP contribution in [0.3, 0.4) is 0 Å². The van der Waals surface area contributed by atoms with Gasteiger partial charge in [0.2, 0.25) is 0 Å². The van der Waals surface area contributed by atoms with Gasteiger partial charge in [0.05, 0.1) is 12.0 Å². The minimum atomic E-state index is -0.498. The lowest BCUT2D eigenvalue weighted by Gasteiger charge is -2.38. The van der Waals surface area contributed by atoms with E-state index in [0.717, 1.165) is 35.6 Å². The van der Waals surface area contributed by atoms with Gasteiger partial charge in [0.1, 0.15) is 0 Å². The van der Waals surface area contributed by atoms with Gasteiger partial charge in [0, 0.05) is 5.56 Å². The third-order valence-electron chi connectivity index (χ3n) is 4.11. The molecule has 0 spiro atoms. The van der Waals surface area contributed by atoms with E-state index in [2.05, 4.69) is 0 Å². The maximum Gasteiger partial charge on any atom is 0.171 e. The first-order valence-electron chi connectivity index (χ1n) is 6.40. The van der Waals surface area contributed by atoms with Crippen LogP contribution in [0, 0.1) is 5.41 Å². The molecule has 2 heteroatoms. The van der Waals surface area contributed by atoms with Gasteiger partial charge in [-0.3, -0.25) is 4.79 Å². The monoisotopic (exact) mass is 240 g/mol. The number of Topliss-reactive ketones (excluding diaryl/α,β-unsaturated/α-hetero) is 1. The first-order chi connectivity index (χ1) is 8.75. The zero-order chi connectivity index (χ0) is 12.6. The molecule has 0 radical (unpaired) electrons. The van der Waals surface area contributed by atoms with E-state index in [4.69, 9.17) is 0 Å². The van der Waals surface area contributed by atoms with Crippen molar-refractivity contribution >= 4 is 16.6 Å². The molecule has 2 aromatic carbocycles. The largest absolute Gasteiger partial charge is 0.395 e. The molecule has 0 aliphatic heterocycles. The topological polar surface area (TPSA) is 37.3 Å². The molecule has 0 saturated heterocycles. The smallest absolute Gasteiger partial charge is 0.171 e. The van der Waals surface area contributed by atoms with Gasteiger partial charge in [0.15, 0.2) is 5.78 Å². The van der Waals surface area contributed by atoms with Crippen LogP contribution >= 0.6 is 0 Å². The molecule has 92 valence electrons. The molecule has 0 aromatic heterocycles. The Morgan fingerprint density at radius 3 is 2.44 bits per heavy atom. The van der Waals surface area contributed by atoms with Crippen LogP contribution < -0.4 is 0 Å². The molecule has 1 aliphatic rings. The Balaban J connectivity index is 2.01. The van der Waals surface area contributed by atoms with Crippen molar-refractivity contribution in [2.24, 2.45) is 5.41 Å². The summed E-state index contributed by atoms with van der Waals surface area (Å²) < 4.78 is 0. The summed E-state index contributed by atoms with van der Waals surface area (Å²) in [6, 6.07) is 13.8. The lowest BCUT2D eigenvalue weighted by molar-refractivity contribution is 0.0348. The first kappa shape index (κ1) is 11.4. The molecule has 0 unspecified atom stereocenters. The van der Waals surface area contributed by atoms with Gasteiger partial charge in [0.25, 0.3) is 0 Å². The summed E-state index contributed by atoms with van der Waals surface area (Å²) in [5, 5.41) is 11.7. The van der Waals surface area contributed by atoms with Crippen molar-refractivity contribution in [3.05, 3.63) is 48.0 Å². The average Bonchev–Trinajstić information content (AvgIpc) is 2.37. The zero-order valence-corrected chi connectivity index (χ0v) is 10.2. The van der Waals surface area contributed by atoms with Gasteiger partial charge in [-0.1, -0.05) is 42.8 Å². The second-order valence-electron chi connectivity index (χ2n) is 5.18. The van der Waals surface area contributed by atoms with E-state index in [1.54, 1.807) is 0 Å². The molecule has 2 nitrogen and oxygen atoms in total. The highest BCUT2D eigenvalue weighted by Crippen LogP contribution is 2.43. The second kappa shape index (κ2) is 4.21. The number of ketones is 1. The number of carbonyl (C=O) groups is 1. The van der Waals surface area contributed by atoms with E-state index in [9.17, 15) is 9.90 Å². The Morgan fingerprint density at radius 1 is 1.11 bits per heavy atom. The van der Waals surface area contributed by atoms with Gasteiger partial charge >= 0.3 is 0 Å². The summed E-state index contributed by atoms with van der Waals surface area (Å²) >= 11 is 0. The number of fused-ring (bicyclic) bond motifs is 1. The third-order valence-corrected chi connectivity index (χ3v) is 4.11. The number of hydrogen-bond donors (Lipinski definition) is 1. The van der Waals surface area contributed by atoms with Crippen molar-refractivity contribution in [2.75, 3.05) is 6.61 Å². The number of carbonyl (C=O) groups excluding carboxylic acids is 1. The number of benzene rings is 2. The fourth-order valence-electron chi connectivity index (χ4n) is 2.70. The fraction of sp³-hybridized carbons (Fsp3) is 0.312. The molecular weight excluding hydrogens is 224 g/mol. The molecule has 1 fully saturated rings. The van der Waals surface area contributed by atoms with Crippen molar-refractivity contribution < 1.29 is 9.90 Å². The lowest BCUT2D eigenvalue weighted by Crippen LogP contribution is -2.41. The van der Waals surface area contributed by atoms with Crippen LogP contribution in [-0.4, -0.2) is 17.5 Å². The Kier molecular flexibility index (Phi) is 2.67. The van der Waals surface area contributed by atoms with Crippen molar-refractivity contribution in [1.29, 1.82) is 0 Å². The van der Waals surface area contributed by atoms with Crippen LogP contribution in [0.2, 0.25) is 0 Å². The summed E-state index contributed by atoms with van der Waals surface area (Å²) in [6.07, 6.45) is 2.67. The molecule has 0 bridgehead atoms. The van der Waals surface area contributed by atoms with Gasteiger partial charge in [-0.2, -0.15) is 0 Å². The van der Waals surface area contributed by atoms with Gasteiger partial charge in [-0.25, -0.2) is 0 Å². The Morgan fingerprint density at radius 2 is 1.83 bits per heavy atom. The molecule has 0 atom stereocenters. The number of aliphatic hydroxyl groups excluding tert-OH is 1. The van der Waals surface area contributed by atoms with E-state index in [-0.39, 0.29) is 12.4 Å². The van der Waals surface area contributed by atoms with Gasteiger partial charge in [-0.05, 0) is 29.7 Å². The van der Waals surface area contributed by atoms with Crippen molar-refractivity contribution in [3.8, 4) is 0 Å². The molecule has 1 saturated carbocycles. The van der Waals surface area contributed by atoms with E-state index in [1.165, 1.54) is 0 Å². The molecule has 18 heavy (non-hydrogen) atoms. The van der Waals surface area contributed by atoms with Crippen LogP contribution in [0.1, 0.15) is 29.6 Å². The van der Waals surface area contributed by atoms with Crippen molar-refractivity contribution in [3.63, 3.8) is 0 Å². The first-order valence-corrected chi connectivity index (χ1v) is 6.40. The average molecular weight is 240 g/mol.